The molecular weight excluding hydrogens is 355 g/mol. The van der Waals surface area contributed by atoms with Crippen molar-refractivity contribution in [2.75, 3.05) is 0 Å². The first kappa shape index (κ1) is 14.8. The monoisotopic (exact) mass is 366 g/mol. The van der Waals surface area contributed by atoms with Gasteiger partial charge in [0.1, 0.15) is 11.6 Å². The third-order valence-electron chi connectivity index (χ3n) is 3.61. The predicted octanol–water partition coefficient (Wildman–Crippen LogP) is 3.15. The summed E-state index contributed by atoms with van der Waals surface area (Å²) in [6.45, 7) is 1.65. The Hall–Kier alpha value is -2.15. The van der Waals surface area contributed by atoms with Crippen LogP contribution in [0, 0.1) is 5.82 Å². The molecule has 2 heterocycles. The Kier molecular flexibility index (Phi) is 3.52. The lowest BCUT2D eigenvalue weighted by Gasteiger charge is -2.19. The molecule has 0 bridgehead atoms. The number of rotatable bonds is 3. The minimum atomic E-state index is -1.22. The molecule has 1 saturated heterocycles. The van der Waals surface area contributed by atoms with Gasteiger partial charge in [0.15, 0.2) is 5.54 Å². The largest absolute Gasteiger partial charge is 0.466 e. The molecule has 0 saturated carbocycles. The van der Waals surface area contributed by atoms with E-state index in [1.165, 1.54) is 18.4 Å². The second-order valence-corrected chi connectivity index (χ2v) is 6.03. The quantitative estimate of drug-likeness (QED) is 0.848. The lowest BCUT2D eigenvalue weighted by atomic mass is 9.99. The van der Waals surface area contributed by atoms with Crippen LogP contribution in [-0.2, 0) is 16.9 Å². The lowest BCUT2D eigenvalue weighted by molar-refractivity contribution is -0.132. The lowest BCUT2D eigenvalue weighted by Crippen LogP contribution is -2.40. The van der Waals surface area contributed by atoms with Gasteiger partial charge < -0.3 is 9.73 Å². The maximum atomic E-state index is 13.3. The number of hydrogen-bond acceptors (Lipinski definition) is 3. The smallest absolute Gasteiger partial charge is 0.325 e. The van der Waals surface area contributed by atoms with E-state index < -0.39 is 23.3 Å². The molecule has 1 aliphatic heterocycles. The van der Waals surface area contributed by atoms with Gasteiger partial charge in [-0.05, 0) is 52.7 Å². The number of benzene rings is 1. The molecule has 0 aliphatic carbocycles. The van der Waals surface area contributed by atoms with Crippen molar-refractivity contribution in [1.82, 2.24) is 10.2 Å². The number of urea groups is 1. The molecule has 114 valence electrons. The van der Waals surface area contributed by atoms with E-state index in [2.05, 4.69) is 21.2 Å². The first-order valence-corrected chi connectivity index (χ1v) is 7.33. The van der Waals surface area contributed by atoms with Crippen LogP contribution in [0.5, 0.6) is 0 Å². The maximum Gasteiger partial charge on any atom is 0.325 e. The Morgan fingerprint density at radius 3 is 2.77 bits per heavy atom. The molecule has 0 spiro atoms. The molecule has 22 heavy (non-hydrogen) atoms. The van der Waals surface area contributed by atoms with Crippen LogP contribution in [0.25, 0.3) is 0 Å². The summed E-state index contributed by atoms with van der Waals surface area (Å²) in [5.41, 5.74) is -0.585. The van der Waals surface area contributed by atoms with Crippen LogP contribution in [0.2, 0.25) is 0 Å². The van der Waals surface area contributed by atoms with Crippen molar-refractivity contribution in [3.05, 3.63) is 58.2 Å². The number of hydrogen-bond donors (Lipinski definition) is 1. The molecule has 1 aliphatic rings. The van der Waals surface area contributed by atoms with Crippen molar-refractivity contribution in [3.8, 4) is 0 Å². The zero-order valence-electron chi connectivity index (χ0n) is 11.6. The van der Waals surface area contributed by atoms with Crippen LogP contribution in [0.4, 0.5) is 9.18 Å². The predicted molar refractivity (Wildman–Crippen MR) is 79.2 cm³/mol. The fraction of sp³-hybridized carbons (Fsp3) is 0.200. The van der Waals surface area contributed by atoms with E-state index in [0.717, 1.165) is 4.90 Å². The standard InChI is InChI=1S/C15H12BrFN2O3/c1-15(12-3-2-6-22-12)13(20)19(14(21)18-15)8-9-4-5-11(17)10(16)7-9/h2-7H,8H2,1H3,(H,18,21)/t15-/m0/s1. The molecule has 2 aromatic rings. The highest BCUT2D eigenvalue weighted by molar-refractivity contribution is 9.10. The van der Waals surface area contributed by atoms with Crippen molar-refractivity contribution >= 4 is 27.9 Å². The third-order valence-corrected chi connectivity index (χ3v) is 4.22. The van der Waals surface area contributed by atoms with E-state index >= 15 is 0 Å². The second-order valence-electron chi connectivity index (χ2n) is 5.17. The Balaban J connectivity index is 1.87. The molecule has 5 nitrogen and oxygen atoms in total. The summed E-state index contributed by atoms with van der Waals surface area (Å²) in [6.07, 6.45) is 1.44. The van der Waals surface area contributed by atoms with Crippen molar-refractivity contribution < 1.29 is 18.4 Å². The molecule has 1 atom stereocenters. The van der Waals surface area contributed by atoms with E-state index in [-0.39, 0.29) is 11.0 Å². The molecule has 1 aromatic heterocycles. The van der Waals surface area contributed by atoms with Crippen molar-refractivity contribution in [3.63, 3.8) is 0 Å². The van der Waals surface area contributed by atoms with Crippen LogP contribution >= 0.6 is 15.9 Å². The normalized spacial score (nSPS) is 21.3. The zero-order valence-corrected chi connectivity index (χ0v) is 13.2. The molecule has 7 heteroatoms. The van der Waals surface area contributed by atoms with Crippen LogP contribution in [0.15, 0.2) is 45.5 Å². The minimum absolute atomic E-state index is 0.0554. The van der Waals surface area contributed by atoms with Crippen LogP contribution in [-0.4, -0.2) is 16.8 Å². The third kappa shape index (κ3) is 2.31. The molecule has 1 fully saturated rings. The molecule has 3 amide bonds. The topological polar surface area (TPSA) is 62.6 Å². The molecular formula is C15H12BrFN2O3. The average molecular weight is 367 g/mol. The molecule has 3 rings (SSSR count). The summed E-state index contributed by atoms with van der Waals surface area (Å²) < 4.78 is 18.8. The summed E-state index contributed by atoms with van der Waals surface area (Å²) >= 11 is 3.09. The number of carbonyl (C=O) groups is 2. The Morgan fingerprint density at radius 2 is 2.14 bits per heavy atom. The highest BCUT2D eigenvalue weighted by Gasteiger charge is 2.50. The van der Waals surface area contributed by atoms with E-state index in [1.807, 2.05) is 0 Å². The highest BCUT2D eigenvalue weighted by Crippen LogP contribution is 2.30. The number of imide groups is 1. The average Bonchev–Trinajstić information content (AvgIpc) is 3.08. The Bertz CT molecular complexity index is 747. The SMILES string of the molecule is C[C@@]1(c2ccco2)NC(=O)N(Cc2ccc(F)c(Br)c2)C1=O. The van der Waals surface area contributed by atoms with Gasteiger partial charge in [-0.25, -0.2) is 9.18 Å². The summed E-state index contributed by atoms with van der Waals surface area (Å²) in [5.74, 6) is -0.442. The number of amides is 3. The summed E-state index contributed by atoms with van der Waals surface area (Å²) in [5, 5.41) is 2.64. The fourth-order valence-electron chi connectivity index (χ4n) is 2.39. The zero-order chi connectivity index (χ0) is 15.9. The molecule has 0 radical (unpaired) electrons. The maximum absolute atomic E-state index is 13.3. The van der Waals surface area contributed by atoms with Crippen molar-refractivity contribution in [2.45, 2.75) is 19.0 Å². The van der Waals surface area contributed by atoms with E-state index in [0.29, 0.717) is 11.3 Å². The summed E-state index contributed by atoms with van der Waals surface area (Å²) in [4.78, 5) is 25.8. The van der Waals surface area contributed by atoms with E-state index in [1.54, 1.807) is 25.1 Å². The highest BCUT2D eigenvalue weighted by atomic mass is 79.9. The van der Waals surface area contributed by atoms with Crippen LogP contribution < -0.4 is 5.32 Å². The van der Waals surface area contributed by atoms with Gasteiger partial charge in [0.05, 0.1) is 17.3 Å². The summed E-state index contributed by atoms with van der Waals surface area (Å²) in [7, 11) is 0. The molecule has 1 N–H and O–H groups in total. The number of nitrogens with one attached hydrogen (secondary N) is 1. The first-order chi connectivity index (χ1) is 10.4. The van der Waals surface area contributed by atoms with Gasteiger partial charge in [-0.15, -0.1) is 0 Å². The number of carbonyl (C=O) groups excluding carboxylic acids is 2. The van der Waals surface area contributed by atoms with E-state index in [9.17, 15) is 14.0 Å². The van der Waals surface area contributed by atoms with Crippen LogP contribution in [0.3, 0.4) is 0 Å². The second kappa shape index (κ2) is 5.24. The first-order valence-electron chi connectivity index (χ1n) is 6.54. The number of nitrogens with zero attached hydrogens (tertiary/aromatic N) is 1. The summed E-state index contributed by atoms with van der Waals surface area (Å²) in [6, 6.07) is 7.13. The fourth-order valence-corrected chi connectivity index (χ4v) is 2.82. The van der Waals surface area contributed by atoms with Crippen LogP contribution in [0.1, 0.15) is 18.2 Å². The van der Waals surface area contributed by atoms with Crippen molar-refractivity contribution in [1.29, 1.82) is 0 Å². The minimum Gasteiger partial charge on any atom is -0.466 e. The van der Waals surface area contributed by atoms with Gasteiger partial charge >= 0.3 is 6.03 Å². The Labute approximate surface area is 134 Å². The van der Waals surface area contributed by atoms with Gasteiger partial charge in [0.25, 0.3) is 5.91 Å². The van der Waals surface area contributed by atoms with E-state index in [4.69, 9.17) is 4.42 Å². The van der Waals surface area contributed by atoms with Gasteiger partial charge in [-0.3, -0.25) is 9.69 Å². The van der Waals surface area contributed by atoms with Gasteiger partial charge in [0.2, 0.25) is 0 Å². The molecule has 0 unspecified atom stereocenters. The van der Waals surface area contributed by atoms with Crippen molar-refractivity contribution in [2.24, 2.45) is 0 Å². The number of furan rings is 1. The number of halogens is 2. The molecule has 1 aromatic carbocycles. The van der Waals surface area contributed by atoms with Gasteiger partial charge in [-0.1, -0.05) is 6.07 Å². The Morgan fingerprint density at radius 1 is 1.36 bits per heavy atom. The van der Waals surface area contributed by atoms with Gasteiger partial charge in [-0.2, -0.15) is 0 Å². The van der Waals surface area contributed by atoms with Gasteiger partial charge in [0, 0.05) is 0 Å².